The van der Waals surface area contributed by atoms with Crippen LogP contribution in [0, 0.1) is 11.7 Å². The van der Waals surface area contributed by atoms with Gasteiger partial charge in [0.1, 0.15) is 11.9 Å². The van der Waals surface area contributed by atoms with Gasteiger partial charge in [-0.25, -0.2) is 4.39 Å². The Hall–Kier alpha value is -1.92. The molecule has 4 rings (SSSR count). The number of aromatic amines is 1. The van der Waals surface area contributed by atoms with Crippen molar-refractivity contribution in [3.63, 3.8) is 0 Å². The molecule has 5 nitrogen and oxygen atoms in total. The minimum Gasteiger partial charge on any atom is -0.361 e. The fourth-order valence-corrected chi connectivity index (χ4v) is 4.61. The molecule has 2 aliphatic rings. The van der Waals surface area contributed by atoms with Gasteiger partial charge >= 0.3 is 0 Å². The number of benzene rings is 1. The third kappa shape index (κ3) is 4.98. The molecule has 0 radical (unpaired) electrons. The molecule has 6 heteroatoms. The lowest BCUT2D eigenvalue weighted by Crippen LogP contribution is -2.39. The van der Waals surface area contributed by atoms with Crippen LogP contribution < -0.4 is 0 Å². The zero-order chi connectivity index (χ0) is 20.4. The molecule has 0 spiro atoms. The van der Waals surface area contributed by atoms with Crippen LogP contribution in [-0.4, -0.2) is 40.8 Å². The topological polar surface area (TPSA) is 54.6 Å². The highest BCUT2D eigenvalue weighted by atomic mass is 19.1. The van der Waals surface area contributed by atoms with E-state index in [1.54, 1.807) is 6.07 Å². The Bertz CT molecular complexity index is 857. The van der Waals surface area contributed by atoms with E-state index in [9.17, 15) is 9.18 Å². The fraction of sp³-hybridized carbons (Fsp3) is 0.609. The van der Waals surface area contributed by atoms with Crippen molar-refractivity contribution >= 4 is 16.8 Å². The molecule has 158 valence electrons. The number of fused-ring (bicyclic) bond motifs is 1. The van der Waals surface area contributed by atoms with Crippen molar-refractivity contribution in [2.45, 2.75) is 70.8 Å². The number of nitrogens with zero attached hydrogens (tertiary/aromatic N) is 1. The van der Waals surface area contributed by atoms with Crippen molar-refractivity contribution in [1.82, 2.24) is 9.88 Å². The highest BCUT2D eigenvalue weighted by Gasteiger charge is 2.35. The average Bonchev–Trinajstić information content (AvgIpc) is 3.24. The maximum atomic E-state index is 13.8. The van der Waals surface area contributed by atoms with E-state index < -0.39 is 5.79 Å². The first-order chi connectivity index (χ1) is 13.9. The number of ether oxygens (including phenoxy) is 2. The highest BCUT2D eigenvalue weighted by molar-refractivity contribution is 5.84. The van der Waals surface area contributed by atoms with Gasteiger partial charge in [0.25, 0.3) is 0 Å². The fourth-order valence-electron chi connectivity index (χ4n) is 4.61. The number of amides is 1. The summed E-state index contributed by atoms with van der Waals surface area (Å²) >= 11 is 0. The summed E-state index contributed by atoms with van der Waals surface area (Å²) in [5.41, 5.74) is 1.80. The second kappa shape index (κ2) is 8.44. The van der Waals surface area contributed by atoms with Gasteiger partial charge in [0.05, 0.1) is 6.61 Å². The summed E-state index contributed by atoms with van der Waals surface area (Å²) in [7, 11) is 0. The summed E-state index contributed by atoms with van der Waals surface area (Å²) < 4.78 is 25.4. The number of hydrogen-bond acceptors (Lipinski definition) is 3. The van der Waals surface area contributed by atoms with E-state index in [4.69, 9.17) is 9.47 Å². The second-order valence-electron chi connectivity index (χ2n) is 8.94. The average molecular weight is 403 g/mol. The molecule has 1 aliphatic heterocycles. The Balaban J connectivity index is 1.51. The summed E-state index contributed by atoms with van der Waals surface area (Å²) in [6.45, 7) is 5.18. The number of aromatic nitrogens is 1. The highest BCUT2D eigenvalue weighted by Crippen LogP contribution is 2.29. The molecule has 2 aromatic rings. The van der Waals surface area contributed by atoms with Crippen molar-refractivity contribution in [1.29, 1.82) is 0 Å². The SMILES string of the molecule is CC1(C)OC[C@@H](CN(Cc2c[nH]c3ccc(F)cc23)C(=O)CC2CCCCC2)O1. The van der Waals surface area contributed by atoms with E-state index in [1.165, 1.54) is 31.4 Å². The minimum atomic E-state index is -0.618. The van der Waals surface area contributed by atoms with Gasteiger partial charge in [-0.2, -0.15) is 0 Å². The summed E-state index contributed by atoms with van der Waals surface area (Å²) in [5, 5.41) is 0.824. The zero-order valence-corrected chi connectivity index (χ0v) is 17.4. The first-order valence-corrected chi connectivity index (χ1v) is 10.7. The number of carbonyl (C=O) groups excluding carboxylic acids is 1. The van der Waals surface area contributed by atoms with Gasteiger partial charge in [0.15, 0.2) is 5.79 Å². The van der Waals surface area contributed by atoms with Crippen LogP contribution >= 0.6 is 0 Å². The lowest BCUT2D eigenvalue weighted by molar-refractivity contribution is -0.147. The van der Waals surface area contributed by atoms with E-state index in [2.05, 4.69) is 4.98 Å². The number of hydrogen-bond donors (Lipinski definition) is 1. The molecule has 1 saturated heterocycles. The molecule has 0 bridgehead atoms. The van der Waals surface area contributed by atoms with Crippen molar-refractivity contribution < 1.29 is 18.7 Å². The predicted molar refractivity (Wildman–Crippen MR) is 110 cm³/mol. The van der Waals surface area contributed by atoms with Crippen LogP contribution in [0.4, 0.5) is 4.39 Å². The van der Waals surface area contributed by atoms with E-state index in [0.717, 1.165) is 29.3 Å². The Kier molecular flexibility index (Phi) is 5.93. The van der Waals surface area contributed by atoms with Gasteiger partial charge < -0.3 is 19.4 Å². The van der Waals surface area contributed by atoms with Crippen LogP contribution in [0.2, 0.25) is 0 Å². The van der Waals surface area contributed by atoms with Crippen LogP contribution in [0.25, 0.3) is 10.9 Å². The first kappa shape index (κ1) is 20.4. The first-order valence-electron chi connectivity index (χ1n) is 10.7. The van der Waals surface area contributed by atoms with Gasteiger partial charge in [0.2, 0.25) is 5.91 Å². The molecule has 0 unspecified atom stereocenters. The van der Waals surface area contributed by atoms with Gasteiger partial charge in [-0.3, -0.25) is 4.79 Å². The third-order valence-electron chi connectivity index (χ3n) is 6.12. The quantitative estimate of drug-likeness (QED) is 0.758. The van der Waals surface area contributed by atoms with Crippen LogP contribution in [-0.2, 0) is 20.8 Å². The molecule has 1 aromatic heterocycles. The lowest BCUT2D eigenvalue weighted by atomic mass is 9.86. The van der Waals surface area contributed by atoms with Gasteiger partial charge in [-0.15, -0.1) is 0 Å². The summed E-state index contributed by atoms with van der Waals surface area (Å²) in [5.74, 6) is -0.271. The maximum Gasteiger partial charge on any atom is 0.223 e. The molecule has 1 aliphatic carbocycles. The van der Waals surface area contributed by atoms with Crippen molar-refractivity contribution in [2.75, 3.05) is 13.2 Å². The largest absolute Gasteiger partial charge is 0.361 e. The number of rotatable bonds is 6. The molecule has 2 heterocycles. The third-order valence-corrected chi connectivity index (χ3v) is 6.12. The van der Waals surface area contributed by atoms with Gasteiger partial charge in [0, 0.05) is 36.6 Å². The molecular weight excluding hydrogens is 371 g/mol. The number of halogens is 1. The maximum absolute atomic E-state index is 13.8. The zero-order valence-electron chi connectivity index (χ0n) is 17.4. The second-order valence-corrected chi connectivity index (χ2v) is 8.94. The molecule has 1 amide bonds. The summed E-state index contributed by atoms with van der Waals surface area (Å²) in [6.07, 6.45) is 8.27. The summed E-state index contributed by atoms with van der Waals surface area (Å²) in [6, 6.07) is 4.71. The predicted octanol–water partition coefficient (Wildman–Crippen LogP) is 4.76. The summed E-state index contributed by atoms with van der Waals surface area (Å²) in [4.78, 5) is 18.3. The number of carbonyl (C=O) groups is 1. The molecule has 1 saturated carbocycles. The standard InChI is InChI=1S/C23H31FN2O3/c1-23(2)28-15-19(29-23)14-26(22(27)10-16-6-4-3-5-7-16)13-17-12-25-21-9-8-18(24)11-20(17)21/h8-9,11-12,16,19,25H,3-7,10,13-15H2,1-2H3/t19-/m1/s1. The molecule has 2 fully saturated rings. The molecule has 1 aromatic carbocycles. The Labute approximate surface area is 171 Å². The molecule has 1 atom stereocenters. The number of nitrogens with one attached hydrogen (secondary N) is 1. The molecule has 1 N–H and O–H groups in total. The van der Waals surface area contributed by atoms with Gasteiger partial charge in [-0.1, -0.05) is 19.3 Å². The van der Waals surface area contributed by atoms with E-state index in [1.807, 2.05) is 24.9 Å². The van der Waals surface area contributed by atoms with E-state index in [0.29, 0.717) is 32.0 Å². The smallest absolute Gasteiger partial charge is 0.223 e. The van der Waals surface area contributed by atoms with Gasteiger partial charge in [-0.05, 0) is 56.4 Å². The monoisotopic (exact) mass is 402 g/mol. The number of H-pyrrole nitrogens is 1. The Morgan fingerprint density at radius 1 is 1.28 bits per heavy atom. The van der Waals surface area contributed by atoms with Crippen molar-refractivity contribution in [3.8, 4) is 0 Å². The van der Waals surface area contributed by atoms with Crippen LogP contribution in [0.1, 0.15) is 57.9 Å². The van der Waals surface area contributed by atoms with Crippen molar-refractivity contribution in [3.05, 3.63) is 35.8 Å². The minimum absolute atomic E-state index is 0.149. The Morgan fingerprint density at radius 2 is 2.07 bits per heavy atom. The van der Waals surface area contributed by atoms with E-state index in [-0.39, 0.29) is 17.8 Å². The van der Waals surface area contributed by atoms with Crippen LogP contribution in [0.5, 0.6) is 0 Å². The van der Waals surface area contributed by atoms with Crippen molar-refractivity contribution in [2.24, 2.45) is 5.92 Å². The van der Waals surface area contributed by atoms with Crippen LogP contribution in [0.15, 0.2) is 24.4 Å². The molecular formula is C23H31FN2O3. The molecule has 29 heavy (non-hydrogen) atoms. The van der Waals surface area contributed by atoms with E-state index >= 15 is 0 Å². The normalized spacial score (nSPS) is 22.2. The lowest BCUT2D eigenvalue weighted by Gasteiger charge is -2.29. The van der Waals surface area contributed by atoms with Crippen LogP contribution in [0.3, 0.4) is 0 Å². The Morgan fingerprint density at radius 3 is 2.79 bits per heavy atom.